The van der Waals surface area contributed by atoms with Crippen LogP contribution in [0.4, 0.5) is 16.2 Å². The van der Waals surface area contributed by atoms with Gasteiger partial charge in [-0.1, -0.05) is 18.2 Å². The van der Waals surface area contributed by atoms with Gasteiger partial charge in [-0.15, -0.1) is 0 Å². The van der Waals surface area contributed by atoms with Gasteiger partial charge in [0.05, 0.1) is 5.39 Å². The second-order valence-corrected chi connectivity index (χ2v) is 6.23. The molecular weight excluding hydrogens is 346 g/mol. The smallest absolute Gasteiger partial charge is 0.319 e. The molecule has 3 rings (SSSR count). The van der Waals surface area contributed by atoms with Crippen LogP contribution in [0.1, 0.15) is 24.3 Å². The van der Waals surface area contributed by atoms with Crippen LogP contribution in [0.15, 0.2) is 53.3 Å². The van der Waals surface area contributed by atoms with E-state index in [0.29, 0.717) is 22.1 Å². The number of H-pyrrole nitrogens is 1. The number of nitrogens with zero attached hydrogens (tertiary/aromatic N) is 1. The molecule has 27 heavy (non-hydrogen) atoms. The lowest BCUT2D eigenvalue weighted by molar-refractivity contribution is 0.102. The molecular formula is C19H19N5O3. The maximum absolute atomic E-state index is 12.5. The first-order chi connectivity index (χ1) is 12.9. The molecule has 0 fully saturated rings. The lowest BCUT2D eigenvalue weighted by Gasteiger charge is -2.11. The number of carbonyl (C=O) groups excluding carboxylic acids is 2. The van der Waals surface area contributed by atoms with Crippen molar-refractivity contribution >= 4 is 34.1 Å². The Morgan fingerprint density at radius 2 is 1.52 bits per heavy atom. The Morgan fingerprint density at radius 3 is 2.15 bits per heavy atom. The fourth-order valence-corrected chi connectivity index (χ4v) is 2.54. The number of hydrogen-bond donors (Lipinski definition) is 4. The van der Waals surface area contributed by atoms with Crippen LogP contribution in [-0.2, 0) is 0 Å². The van der Waals surface area contributed by atoms with E-state index in [9.17, 15) is 14.4 Å². The van der Waals surface area contributed by atoms with Gasteiger partial charge in [0.15, 0.2) is 5.69 Å². The summed E-state index contributed by atoms with van der Waals surface area (Å²) in [5, 5.41) is 15.2. The molecule has 8 nitrogen and oxygen atoms in total. The molecule has 1 aromatic heterocycles. The van der Waals surface area contributed by atoms with Gasteiger partial charge in [0.2, 0.25) is 0 Å². The summed E-state index contributed by atoms with van der Waals surface area (Å²) in [5.41, 5.74) is 0.909. The molecule has 8 heteroatoms. The highest BCUT2D eigenvalue weighted by atomic mass is 16.2. The molecule has 0 saturated carbocycles. The van der Waals surface area contributed by atoms with Crippen molar-refractivity contribution in [2.24, 2.45) is 0 Å². The first-order valence-electron chi connectivity index (χ1n) is 8.40. The van der Waals surface area contributed by atoms with E-state index in [1.807, 2.05) is 13.8 Å². The van der Waals surface area contributed by atoms with Gasteiger partial charge in [-0.25, -0.2) is 9.89 Å². The van der Waals surface area contributed by atoms with Crippen LogP contribution in [0.25, 0.3) is 10.8 Å². The van der Waals surface area contributed by atoms with Crippen molar-refractivity contribution < 1.29 is 9.59 Å². The van der Waals surface area contributed by atoms with Crippen LogP contribution < -0.4 is 21.5 Å². The Labute approximate surface area is 155 Å². The van der Waals surface area contributed by atoms with Gasteiger partial charge in [-0.3, -0.25) is 9.59 Å². The normalized spacial score (nSPS) is 10.6. The Hall–Kier alpha value is -3.68. The van der Waals surface area contributed by atoms with Crippen LogP contribution >= 0.6 is 0 Å². The van der Waals surface area contributed by atoms with Gasteiger partial charge in [-0.2, -0.15) is 5.10 Å². The van der Waals surface area contributed by atoms with Gasteiger partial charge in [0, 0.05) is 22.8 Å². The number of nitrogens with one attached hydrogen (secondary N) is 4. The molecule has 0 radical (unpaired) electrons. The largest absolute Gasteiger partial charge is 0.336 e. The van der Waals surface area contributed by atoms with E-state index >= 15 is 0 Å². The van der Waals surface area contributed by atoms with Gasteiger partial charge in [-0.05, 0) is 44.2 Å². The zero-order valence-electron chi connectivity index (χ0n) is 14.9. The molecule has 2 aromatic carbocycles. The molecule has 0 bridgehead atoms. The second kappa shape index (κ2) is 7.69. The minimum atomic E-state index is -0.444. The molecule has 0 atom stereocenters. The van der Waals surface area contributed by atoms with E-state index in [-0.39, 0.29) is 23.3 Å². The molecule has 4 N–H and O–H groups in total. The minimum Gasteiger partial charge on any atom is -0.336 e. The van der Waals surface area contributed by atoms with E-state index in [1.54, 1.807) is 48.5 Å². The van der Waals surface area contributed by atoms with Gasteiger partial charge >= 0.3 is 6.03 Å². The quantitative estimate of drug-likeness (QED) is 0.569. The molecule has 0 aliphatic rings. The zero-order valence-corrected chi connectivity index (χ0v) is 14.9. The highest BCUT2D eigenvalue weighted by Crippen LogP contribution is 2.17. The summed E-state index contributed by atoms with van der Waals surface area (Å²) in [5.74, 6) is -0.444. The topological polar surface area (TPSA) is 116 Å². The van der Waals surface area contributed by atoms with Crippen LogP contribution in [0.5, 0.6) is 0 Å². The summed E-state index contributed by atoms with van der Waals surface area (Å²) in [6.45, 7) is 3.74. The predicted molar refractivity (Wildman–Crippen MR) is 104 cm³/mol. The average molecular weight is 365 g/mol. The maximum Gasteiger partial charge on any atom is 0.319 e. The summed E-state index contributed by atoms with van der Waals surface area (Å²) < 4.78 is 0. The monoisotopic (exact) mass is 365 g/mol. The number of hydrogen-bond acceptors (Lipinski definition) is 4. The molecule has 138 valence electrons. The number of carbonyl (C=O) groups is 2. The van der Waals surface area contributed by atoms with E-state index in [2.05, 4.69) is 26.1 Å². The van der Waals surface area contributed by atoms with Crippen LogP contribution in [0, 0.1) is 0 Å². The summed E-state index contributed by atoms with van der Waals surface area (Å²) in [6, 6.07) is 13.2. The number of aromatic amines is 1. The molecule has 0 aliphatic carbocycles. The molecule has 0 aliphatic heterocycles. The second-order valence-electron chi connectivity index (χ2n) is 6.23. The fraction of sp³-hybridized carbons (Fsp3) is 0.158. The minimum absolute atomic E-state index is 0.0307. The Bertz CT molecular complexity index is 1040. The molecule has 3 aromatic rings. The SMILES string of the molecule is CC(C)NC(=O)Nc1ccc(NC(=O)c2n[nH]c(=O)c3ccccc23)cc1. The van der Waals surface area contributed by atoms with Crippen LogP contribution in [0.2, 0.25) is 0 Å². The standard InChI is InChI=1S/C19H19N5O3/c1-11(2)20-19(27)22-13-9-7-12(8-10-13)21-18(26)16-14-5-3-4-6-15(14)17(25)24-23-16/h3-11H,1-2H3,(H,21,26)(H,24,25)(H2,20,22,27). The zero-order chi connectivity index (χ0) is 19.4. The average Bonchev–Trinajstić information content (AvgIpc) is 2.63. The van der Waals surface area contributed by atoms with Gasteiger partial charge in [0.1, 0.15) is 0 Å². The molecule has 1 heterocycles. The molecule has 0 unspecified atom stereocenters. The first-order valence-corrected chi connectivity index (χ1v) is 8.40. The van der Waals surface area contributed by atoms with Crippen molar-refractivity contribution in [2.45, 2.75) is 19.9 Å². The lowest BCUT2D eigenvalue weighted by atomic mass is 10.1. The number of anilines is 2. The fourth-order valence-electron chi connectivity index (χ4n) is 2.54. The highest BCUT2D eigenvalue weighted by molar-refractivity contribution is 6.11. The van der Waals surface area contributed by atoms with Crippen LogP contribution in [-0.4, -0.2) is 28.2 Å². The molecule has 3 amide bonds. The summed E-state index contributed by atoms with van der Waals surface area (Å²) >= 11 is 0. The van der Waals surface area contributed by atoms with Crippen molar-refractivity contribution in [3.8, 4) is 0 Å². The number of amides is 3. The van der Waals surface area contributed by atoms with E-state index in [4.69, 9.17) is 0 Å². The van der Waals surface area contributed by atoms with Crippen molar-refractivity contribution in [3.05, 3.63) is 64.6 Å². The molecule has 0 spiro atoms. The Kier molecular flexibility index (Phi) is 5.16. The van der Waals surface area contributed by atoms with Crippen molar-refractivity contribution in [1.29, 1.82) is 0 Å². The number of aromatic nitrogens is 2. The third-order valence-electron chi connectivity index (χ3n) is 3.73. The first kappa shape index (κ1) is 18.1. The predicted octanol–water partition coefficient (Wildman–Crippen LogP) is 2.71. The van der Waals surface area contributed by atoms with E-state index < -0.39 is 5.91 Å². The van der Waals surface area contributed by atoms with E-state index in [1.165, 1.54) is 0 Å². The summed E-state index contributed by atoms with van der Waals surface area (Å²) in [6.07, 6.45) is 0. The third-order valence-corrected chi connectivity index (χ3v) is 3.73. The van der Waals surface area contributed by atoms with Crippen molar-refractivity contribution in [1.82, 2.24) is 15.5 Å². The van der Waals surface area contributed by atoms with Crippen molar-refractivity contribution in [3.63, 3.8) is 0 Å². The summed E-state index contributed by atoms with van der Waals surface area (Å²) in [7, 11) is 0. The van der Waals surface area contributed by atoms with Gasteiger partial charge < -0.3 is 16.0 Å². The number of rotatable bonds is 4. The van der Waals surface area contributed by atoms with Crippen LogP contribution in [0.3, 0.4) is 0 Å². The Balaban J connectivity index is 1.74. The summed E-state index contributed by atoms with van der Waals surface area (Å²) in [4.78, 5) is 36.1. The van der Waals surface area contributed by atoms with E-state index in [0.717, 1.165) is 0 Å². The number of benzene rings is 2. The highest BCUT2D eigenvalue weighted by Gasteiger charge is 2.14. The lowest BCUT2D eigenvalue weighted by Crippen LogP contribution is -2.34. The van der Waals surface area contributed by atoms with Gasteiger partial charge in [0.25, 0.3) is 11.5 Å². The van der Waals surface area contributed by atoms with Crippen molar-refractivity contribution in [2.75, 3.05) is 10.6 Å². The maximum atomic E-state index is 12.5. The third kappa shape index (κ3) is 4.30. The number of urea groups is 1. The Morgan fingerprint density at radius 1 is 0.926 bits per heavy atom. The molecule has 0 saturated heterocycles. The number of fused-ring (bicyclic) bond motifs is 1.